The molecule has 0 aliphatic rings. The Kier molecular flexibility index (Phi) is 6.23. The monoisotopic (exact) mass is 273 g/mol. The van der Waals surface area contributed by atoms with Crippen LogP contribution in [-0.4, -0.2) is 59.7 Å². The number of hydrogen-bond acceptors (Lipinski definition) is 8. The van der Waals surface area contributed by atoms with Crippen LogP contribution in [-0.2, 0) is 9.47 Å². The third-order valence-electron chi connectivity index (χ3n) is 2.00. The zero-order valence-electron chi connectivity index (χ0n) is 11.5. The molecule has 8 nitrogen and oxygen atoms in total. The molecular weight excluding hydrogens is 254 g/mol. The molecule has 0 aliphatic carbocycles. The normalized spacial score (nSPS) is 13.9. The van der Waals surface area contributed by atoms with Crippen LogP contribution in [0.2, 0.25) is 0 Å². The van der Waals surface area contributed by atoms with Crippen LogP contribution >= 0.6 is 0 Å². The van der Waals surface area contributed by atoms with E-state index in [1.165, 1.54) is 0 Å². The number of aromatic nitrogens is 3. The molecule has 0 bridgehead atoms. The molecule has 0 amide bonds. The van der Waals surface area contributed by atoms with Crippen molar-refractivity contribution in [3.8, 4) is 18.0 Å². The summed E-state index contributed by atoms with van der Waals surface area (Å²) in [6, 6.07) is -0.498. The quantitative estimate of drug-likeness (QED) is 0.727. The molecule has 8 heteroatoms. The molecule has 1 heterocycles. The summed E-state index contributed by atoms with van der Waals surface area (Å²) in [5.41, 5.74) is 0. The number of hydrogen-bond donors (Lipinski definition) is 1. The topological polar surface area (TPSA) is 95.8 Å². The minimum absolute atomic E-state index is 0.0170. The average Bonchev–Trinajstić information content (AvgIpc) is 2.28. The maximum atomic E-state index is 9.39. The fraction of sp³-hybridized carbons (Fsp3) is 0.727. The Labute approximate surface area is 111 Å². The van der Waals surface area contributed by atoms with Crippen LogP contribution in [0.15, 0.2) is 0 Å². The van der Waals surface area contributed by atoms with Crippen LogP contribution in [0.3, 0.4) is 0 Å². The highest BCUT2D eigenvalue weighted by molar-refractivity contribution is 5.08. The van der Waals surface area contributed by atoms with Crippen molar-refractivity contribution >= 4 is 0 Å². The third-order valence-corrected chi connectivity index (χ3v) is 2.00. The van der Waals surface area contributed by atoms with Crippen molar-refractivity contribution in [1.82, 2.24) is 15.0 Å². The van der Waals surface area contributed by atoms with E-state index in [9.17, 15) is 5.11 Å². The summed E-state index contributed by atoms with van der Waals surface area (Å²) >= 11 is 0. The van der Waals surface area contributed by atoms with Gasteiger partial charge in [-0.05, 0) is 13.8 Å². The van der Waals surface area contributed by atoms with Crippen molar-refractivity contribution in [3.05, 3.63) is 0 Å². The molecule has 19 heavy (non-hydrogen) atoms. The molecule has 2 atom stereocenters. The van der Waals surface area contributed by atoms with Gasteiger partial charge in [-0.1, -0.05) is 0 Å². The number of rotatable bonds is 8. The Balaban J connectivity index is 2.70. The molecule has 0 saturated carbocycles. The summed E-state index contributed by atoms with van der Waals surface area (Å²) < 4.78 is 20.6. The predicted molar refractivity (Wildman–Crippen MR) is 65.4 cm³/mol. The van der Waals surface area contributed by atoms with E-state index in [-0.39, 0.29) is 24.2 Å². The van der Waals surface area contributed by atoms with Crippen molar-refractivity contribution < 1.29 is 24.1 Å². The summed E-state index contributed by atoms with van der Waals surface area (Å²) in [5.74, 6) is 0. The molecule has 0 spiro atoms. The fourth-order valence-corrected chi connectivity index (χ4v) is 1.33. The van der Waals surface area contributed by atoms with Crippen LogP contribution in [0.4, 0.5) is 0 Å². The summed E-state index contributed by atoms with van der Waals surface area (Å²) in [4.78, 5) is 11.2. The number of nitrogens with zero attached hydrogens (tertiary/aromatic N) is 3. The van der Waals surface area contributed by atoms with Crippen LogP contribution in [0.1, 0.15) is 13.8 Å². The Morgan fingerprint density at radius 1 is 0.895 bits per heavy atom. The van der Waals surface area contributed by atoms with Crippen LogP contribution in [0, 0.1) is 0 Å². The first-order valence-corrected chi connectivity index (χ1v) is 5.81. The molecule has 2 unspecified atom stereocenters. The fourth-order valence-electron chi connectivity index (χ4n) is 1.33. The van der Waals surface area contributed by atoms with Crippen molar-refractivity contribution in [1.29, 1.82) is 0 Å². The highest BCUT2D eigenvalue weighted by atomic mass is 16.6. The van der Waals surface area contributed by atoms with E-state index in [4.69, 9.17) is 18.9 Å². The lowest BCUT2D eigenvalue weighted by Crippen LogP contribution is -2.21. The Morgan fingerprint density at radius 3 is 1.68 bits per heavy atom. The van der Waals surface area contributed by atoms with Gasteiger partial charge in [0.2, 0.25) is 0 Å². The van der Waals surface area contributed by atoms with Gasteiger partial charge in [0.1, 0.15) is 12.2 Å². The van der Waals surface area contributed by atoms with Crippen molar-refractivity contribution in [2.45, 2.75) is 26.1 Å². The largest absolute Gasteiger partial charge is 0.479 e. The first kappa shape index (κ1) is 15.4. The molecule has 1 rings (SSSR count). The van der Waals surface area contributed by atoms with E-state index in [1.54, 1.807) is 28.1 Å². The van der Waals surface area contributed by atoms with Gasteiger partial charge >= 0.3 is 18.0 Å². The molecule has 0 saturated heterocycles. The summed E-state index contributed by atoms with van der Waals surface area (Å²) in [7, 11) is 3.12. The van der Waals surface area contributed by atoms with Gasteiger partial charge in [0.25, 0.3) is 0 Å². The minimum Gasteiger partial charge on any atom is -0.479 e. The predicted octanol–water partition coefficient (Wildman–Crippen LogP) is 0.405. The summed E-state index contributed by atoms with van der Waals surface area (Å²) in [6.07, 6.45) is -0.507. The highest BCUT2D eigenvalue weighted by Gasteiger charge is 2.13. The van der Waals surface area contributed by atoms with Crippen LogP contribution < -0.4 is 9.47 Å². The molecule has 1 aromatic rings. The second-order valence-electron chi connectivity index (χ2n) is 3.97. The number of ether oxygens (including phenoxy) is 4. The van der Waals surface area contributed by atoms with Gasteiger partial charge in [-0.2, -0.15) is 0 Å². The molecular formula is C11H19N3O5. The Bertz CT molecular complexity index is 358. The zero-order chi connectivity index (χ0) is 14.3. The van der Waals surface area contributed by atoms with Gasteiger partial charge in [-0.25, -0.2) is 0 Å². The first-order chi connectivity index (χ1) is 9.05. The lowest BCUT2D eigenvalue weighted by molar-refractivity contribution is 0.0745. The zero-order valence-corrected chi connectivity index (χ0v) is 11.5. The second kappa shape index (κ2) is 7.70. The lowest BCUT2D eigenvalue weighted by atomic mass is 10.4. The average molecular weight is 273 g/mol. The molecule has 1 N–H and O–H groups in total. The molecule has 108 valence electrons. The first-order valence-electron chi connectivity index (χ1n) is 5.81. The molecule has 0 aliphatic heterocycles. The summed E-state index contributed by atoms with van der Waals surface area (Å²) in [6.45, 7) is 4.34. The standard InChI is InChI=1S/C11H19N3O5/c1-7(5-16-3)18-10-12-9(15)13-11(14-10)19-8(2)6-17-4/h7-8H,5-6H2,1-4H3,(H,12,13,14,15). The van der Waals surface area contributed by atoms with Gasteiger partial charge in [0.05, 0.1) is 13.2 Å². The number of aromatic hydroxyl groups is 1. The molecule has 0 fully saturated rings. The molecule has 1 aromatic heterocycles. The van der Waals surface area contributed by atoms with Gasteiger partial charge in [0.15, 0.2) is 0 Å². The van der Waals surface area contributed by atoms with Gasteiger partial charge in [-0.3, -0.25) is 0 Å². The van der Waals surface area contributed by atoms with E-state index < -0.39 is 6.01 Å². The van der Waals surface area contributed by atoms with E-state index in [1.807, 2.05) is 0 Å². The van der Waals surface area contributed by atoms with Crippen molar-refractivity contribution in [2.75, 3.05) is 27.4 Å². The Morgan fingerprint density at radius 2 is 1.32 bits per heavy atom. The summed E-state index contributed by atoms with van der Waals surface area (Å²) in [5, 5.41) is 9.39. The van der Waals surface area contributed by atoms with E-state index in [2.05, 4.69) is 15.0 Å². The third kappa shape index (κ3) is 5.66. The van der Waals surface area contributed by atoms with Crippen LogP contribution in [0.5, 0.6) is 18.0 Å². The highest BCUT2D eigenvalue weighted by Crippen LogP contribution is 2.15. The SMILES string of the molecule is COCC(C)Oc1nc(O)nc(OC(C)COC)n1. The van der Waals surface area contributed by atoms with Gasteiger partial charge in [-0.15, -0.1) is 15.0 Å². The molecule has 0 aromatic carbocycles. The van der Waals surface area contributed by atoms with E-state index >= 15 is 0 Å². The second-order valence-corrected chi connectivity index (χ2v) is 3.97. The van der Waals surface area contributed by atoms with Gasteiger partial charge in [0, 0.05) is 14.2 Å². The van der Waals surface area contributed by atoms with Crippen LogP contribution in [0.25, 0.3) is 0 Å². The lowest BCUT2D eigenvalue weighted by Gasteiger charge is -2.14. The van der Waals surface area contributed by atoms with E-state index in [0.717, 1.165) is 0 Å². The van der Waals surface area contributed by atoms with Crippen molar-refractivity contribution in [2.24, 2.45) is 0 Å². The van der Waals surface area contributed by atoms with E-state index in [0.29, 0.717) is 13.2 Å². The molecule has 0 radical (unpaired) electrons. The number of methoxy groups -OCH3 is 2. The van der Waals surface area contributed by atoms with Gasteiger partial charge < -0.3 is 24.1 Å². The maximum Gasteiger partial charge on any atom is 0.326 e. The smallest absolute Gasteiger partial charge is 0.326 e. The maximum absolute atomic E-state index is 9.39. The van der Waals surface area contributed by atoms with Crippen molar-refractivity contribution in [3.63, 3.8) is 0 Å². The Hall–Kier alpha value is -1.67. The minimum atomic E-state index is -0.464.